The second kappa shape index (κ2) is 4.02. The minimum Gasteiger partial charge on any atom is -0.375 e. The number of nitrogens with one attached hydrogen (secondary N) is 1. The minimum absolute atomic E-state index is 0.0554. The molecule has 0 unspecified atom stereocenters. The Kier molecular flexibility index (Phi) is 3.36. The number of ether oxygens (including phenoxy) is 1. The molecule has 2 atom stereocenters. The topological polar surface area (TPSA) is 21.3 Å². The molecule has 14 heavy (non-hydrogen) atoms. The summed E-state index contributed by atoms with van der Waals surface area (Å²) in [6, 6.07) is 0. The molecule has 1 saturated heterocycles. The molecule has 82 valence electrons. The Balaban J connectivity index is 2.67. The van der Waals surface area contributed by atoms with Crippen LogP contribution in [0.2, 0.25) is 0 Å². The number of rotatable bonds is 1. The van der Waals surface area contributed by atoms with Gasteiger partial charge < -0.3 is 10.1 Å². The van der Waals surface area contributed by atoms with Crippen molar-refractivity contribution in [1.82, 2.24) is 5.32 Å². The maximum Gasteiger partial charge on any atom is 0.416 e. The molecule has 0 bridgehead atoms. The number of hydrogen-bond acceptors (Lipinski definition) is 2. The standard InChI is InChI=1S/C8H12F3NOS/c1-4(2)6-7(14)12-3-5(13-6)8(9,10)11/h4-6H,3H2,1-2H3,(H,12,14)/t5-,6-/m0/s1. The summed E-state index contributed by atoms with van der Waals surface area (Å²) in [5.41, 5.74) is 0. The van der Waals surface area contributed by atoms with E-state index in [0.717, 1.165) is 0 Å². The number of alkyl halides is 3. The molecule has 6 heteroatoms. The highest BCUT2D eigenvalue weighted by Crippen LogP contribution is 2.27. The zero-order valence-corrected chi connectivity index (χ0v) is 8.71. The Bertz CT molecular complexity index is 229. The third kappa shape index (κ3) is 2.57. The van der Waals surface area contributed by atoms with Gasteiger partial charge in [0.2, 0.25) is 0 Å². The summed E-state index contributed by atoms with van der Waals surface area (Å²) in [5.74, 6) is -0.0554. The Morgan fingerprint density at radius 3 is 2.50 bits per heavy atom. The van der Waals surface area contributed by atoms with Gasteiger partial charge in [0.05, 0.1) is 6.54 Å². The van der Waals surface area contributed by atoms with Crippen LogP contribution in [0.5, 0.6) is 0 Å². The van der Waals surface area contributed by atoms with Crippen LogP contribution in [-0.2, 0) is 4.74 Å². The van der Waals surface area contributed by atoms with E-state index in [1.807, 2.05) is 0 Å². The first-order valence-corrected chi connectivity index (χ1v) is 4.73. The smallest absolute Gasteiger partial charge is 0.375 e. The van der Waals surface area contributed by atoms with Gasteiger partial charge in [0.25, 0.3) is 0 Å². The van der Waals surface area contributed by atoms with Crippen LogP contribution >= 0.6 is 12.2 Å². The van der Waals surface area contributed by atoms with E-state index in [0.29, 0.717) is 4.99 Å². The maximum atomic E-state index is 12.3. The molecule has 0 radical (unpaired) electrons. The summed E-state index contributed by atoms with van der Waals surface area (Å²) < 4.78 is 41.8. The number of halogens is 3. The lowest BCUT2D eigenvalue weighted by Crippen LogP contribution is -2.55. The van der Waals surface area contributed by atoms with Crippen LogP contribution in [-0.4, -0.2) is 29.9 Å². The molecule has 1 rings (SSSR count). The highest BCUT2D eigenvalue weighted by molar-refractivity contribution is 7.80. The maximum absolute atomic E-state index is 12.3. The molecule has 1 fully saturated rings. The Morgan fingerprint density at radius 1 is 1.50 bits per heavy atom. The van der Waals surface area contributed by atoms with Gasteiger partial charge in [-0.1, -0.05) is 26.1 Å². The van der Waals surface area contributed by atoms with Crippen LogP contribution in [0.15, 0.2) is 0 Å². The zero-order chi connectivity index (χ0) is 10.9. The van der Waals surface area contributed by atoms with E-state index < -0.39 is 18.4 Å². The minimum atomic E-state index is -4.32. The molecular weight excluding hydrogens is 215 g/mol. The lowest BCUT2D eigenvalue weighted by Gasteiger charge is -2.34. The Hall–Kier alpha value is -0.360. The van der Waals surface area contributed by atoms with E-state index in [-0.39, 0.29) is 12.5 Å². The van der Waals surface area contributed by atoms with E-state index in [1.165, 1.54) is 0 Å². The van der Waals surface area contributed by atoms with Crippen molar-refractivity contribution in [2.24, 2.45) is 5.92 Å². The Morgan fingerprint density at radius 2 is 2.07 bits per heavy atom. The van der Waals surface area contributed by atoms with Gasteiger partial charge in [0, 0.05) is 0 Å². The first-order valence-electron chi connectivity index (χ1n) is 4.32. The molecule has 1 N–H and O–H groups in total. The van der Waals surface area contributed by atoms with Crippen molar-refractivity contribution in [2.75, 3.05) is 6.54 Å². The molecule has 1 aliphatic heterocycles. The largest absolute Gasteiger partial charge is 0.416 e. The van der Waals surface area contributed by atoms with E-state index in [4.69, 9.17) is 17.0 Å². The lowest BCUT2D eigenvalue weighted by molar-refractivity contribution is -0.231. The fourth-order valence-electron chi connectivity index (χ4n) is 1.23. The molecule has 1 aliphatic rings. The van der Waals surface area contributed by atoms with Crippen molar-refractivity contribution in [2.45, 2.75) is 32.2 Å². The summed E-state index contributed by atoms with van der Waals surface area (Å²) in [6.07, 6.45) is -6.71. The number of thiocarbonyl (C=S) groups is 1. The predicted octanol–water partition coefficient (Wildman–Crippen LogP) is 1.89. The lowest BCUT2D eigenvalue weighted by atomic mass is 10.1. The van der Waals surface area contributed by atoms with Crippen LogP contribution in [0.1, 0.15) is 13.8 Å². The van der Waals surface area contributed by atoms with Crippen molar-refractivity contribution in [1.29, 1.82) is 0 Å². The van der Waals surface area contributed by atoms with Gasteiger partial charge in [-0.05, 0) is 5.92 Å². The van der Waals surface area contributed by atoms with Crippen LogP contribution in [0, 0.1) is 5.92 Å². The Labute approximate surface area is 85.8 Å². The van der Waals surface area contributed by atoms with Gasteiger partial charge in [0.1, 0.15) is 11.1 Å². The molecule has 0 aliphatic carbocycles. The summed E-state index contributed by atoms with van der Waals surface area (Å²) in [5, 5.41) is 2.56. The van der Waals surface area contributed by atoms with E-state index in [9.17, 15) is 13.2 Å². The number of morpholine rings is 1. The summed E-state index contributed by atoms with van der Waals surface area (Å²) in [4.78, 5) is 0.362. The first-order chi connectivity index (χ1) is 6.32. The van der Waals surface area contributed by atoms with Crippen molar-refractivity contribution in [3.05, 3.63) is 0 Å². The predicted molar refractivity (Wildman–Crippen MR) is 50.2 cm³/mol. The monoisotopic (exact) mass is 227 g/mol. The average molecular weight is 227 g/mol. The van der Waals surface area contributed by atoms with Gasteiger partial charge >= 0.3 is 6.18 Å². The molecule has 0 amide bonds. The van der Waals surface area contributed by atoms with Crippen LogP contribution in [0.4, 0.5) is 13.2 Å². The molecule has 2 nitrogen and oxygen atoms in total. The molecular formula is C8H12F3NOS. The quantitative estimate of drug-likeness (QED) is 0.691. The average Bonchev–Trinajstić information content (AvgIpc) is 2.02. The molecule has 0 aromatic heterocycles. The highest BCUT2D eigenvalue weighted by Gasteiger charge is 2.45. The van der Waals surface area contributed by atoms with Crippen LogP contribution in [0.3, 0.4) is 0 Å². The van der Waals surface area contributed by atoms with Crippen molar-refractivity contribution in [3.8, 4) is 0 Å². The van der Waals surface area contributed by atoms with E-state index in [2.05, 4.69) is 5.32 Å². The first kappa shape index (κ1) is 11.7. The third-order valence-corrected chi connectivity index (χ3v) is 2.38. The van der Waals surface area contributed by atoms with Gasteiger partial charge in [0.15, 0.2) is 6.10 Å². The van der Waals surface area contributed by atoms with Crippen molar-refractivity contribution >= 4 is 17.2 Å². The van der Waals surface area contributed by atoms with Crippen molar-refractivity contribution in [3.63, 3.8) is 0 Å². The van der Waals surface area contributed by atoms with E-state index >= 15 is 0 Å². The van der Waals surface area contributed by atoms with Gasteiger partial charge in [-0.2, -0.15) is 13.2 Å². The zero-order valence-electron chi connectivity index (χ0n) is 7.89. The van der Waals surface area contributed by atoms with Crippen LogP contribution in [0.25, 0.3) is 0 Å². The summed E-state index contributed by atoms with van der Waals surface area (Å²) in [6.45, 7) is 3.26. The molecule has 0 spiro atoms. The molecule has 0 saturated carbocycles. The van der Waals surface area contributed by atoms with Crippen molar-refractivity contribution < 1.29 is 17.9 Å². The molecule has 0 aromatic rings. The summed E-state index contributed by atoms with van der Waals surface area (Å²) in [7, 11) is 0. The third-order valence-electron chi connectivity index (χ3n) is 2.00. The fraction of sp³-hybridized carbons (Fsp3) is 0.875. The van der Waals surface area contributed by atoms with E-state index in [1.54, 1.807) is 13.8 Å². The molecule has 1 heterocycles. The SMILES string of the molecule is CC(C)[C@@H]1O[C@H](C(F)(F)F)CNC1=S. The normalized spacial score (nSPS) is 29.1. The van der Waals surface area contributed by atoms with Gasteiger partial charge in [-0.15, -0.1) is 0 Å². The molecule has 0 aromatic carbocycles. The van der Waals surface area contributed by atoms with Gasteiger partial charge in [-0.25, -0.2) is 0 Å². The van der Waals surface area contributed by atoms with Crippen LogP contribution < -0.4 is 5.32 Å². The second-order valence-electron chi connectivity index (χ2n) is 3.58. The highest BCUT2D eigenvalue weighted by atomic mass is 32.1. The summed E-state index contributed by atoms with van der Waals surface area (Å²) >= 11 is 4.88. The fourth-order valence-corrected chi connectivity index (χ4v) is 1.64. The second-order valence-corrected chi connectivity index (χ2v) is 4.02. The number of hydrogen-bond donors (Lipinski definition) is 1. The van der Waals surface area contributed by atoms with Gasteiger partial charge in [-0.3, -0.25) is 0 Å².